The minimum Gasteiger partial charge on any atom is -0.273 e. The number of hydrogen-bond donors (Lipinski definition) is 1. The standard InChI is InChI=1S/C18H22N2O/c21-18(17-10-16(17)13-4-2-1-3-5-13)20-19-11-15-9-12-6-7-14(15)8-12/h1-5,11-12,14-17H,6-10H2,(H,20,21)/b19-11-/t12-,14-,15+,16+,17+/m1/s1. The molecule has 0 saturated heterocycles. The molecule has 3 nitrogen and oxygen atoms in total. The van der Waals surface area contributed by atoms with E-state index in [2.05, 4.69) is 22.7 Å². The van der Waals surface area contributed by atoms with Crippen LogP contribution in [0.2, 0.25) is 0 Å². The van der Waals surface area contributed by atoms with Gasteiger partial charge >= 0.3 is 0 Å². The molecule has 0 unspecified atom stereocenters. The summed E-state index contributed by atoms with van der Waals surface area (Å²) in [5, 5.41) is 4.24. The fourth-order valence-electron chi connectivity index (χ4n) is 4.31. The number of hydrazone groups is 1. The average molecular weight is 282 g/mol. The second-order valence-corrected chi connectivity index (χ2v) is 6.95. The summed E-state index contributed by atoms with van der Waals surface area (Å²) in [4.78, 5) is 12.1. The zero-order valence-electron chi connectivity index (χ0n) is 12.2. The van der Waals surface area contributed by atoms with Crippen LogP contribution < -0.4 is 5.43 Å². The van der Waals surface area contributed by atoms with Gasteiger partial charge in [-0.2, -0.15) is 5.10 Å². The van der Waals surface area contributed by atoms with Crippen molar-refractivity contribution < 1.29 is 4.79 Å². The molecular formula is C18H22N2O. The van der Waals surface area contributed by atoms with Crippen molar-refractivity contribution >= 4 is 12.1 Å². The van der Waals surface area contributed by atoms with E-state index in [1.54, 1.807) is 0 Å². The topological polar surface area (TPSA) is 41.5 Å². The third kappa shape index (κ3) is 2.61. The molecule has 0 aromatic heterocycles. The Labute approximate surface area is 125 Å². The van der Waals surface area contributed by atoms with Crippen molar-refractivity contribution in [3.8, 4) is 0 Å². The molecule has 3 fully saturated rings. The number of benzene rings is 1. The molecule has 0 heterocycles. The van der Waals surface area contributed by atoms with E-state index >= 15 is 0 Å². The van der Waals surface area contributed by atoms with E-state index in [1.165, 1.54) is 31.2 Å². The number of nitrogens with one attached hydrogen (secondary N) is 1. The minimum absolute atomic E-state index is 0.0864. The molecule has 4 rings (SSSR count). The SMILES string of the molecule is O=C(N/N=C\[C@@H]1C[C@@H]2CC[C@@H]1C2)[C@H]1C[C@H]1c1ccccc1. The zero-order valence-corrected chi connectivity index (χ0v) is 12.2. The minimum atomic E-state index is 0.0864. The Kier molecular flexibility index (Phi) is 3.28. The van der Waals surface area contributed by atoms with E-state index in [0.717, 1.165) is 18.3 Å². The summed E-state index contributed by atoms with van der Waals surface area (Å²) in [6.45, 7) is 0. The molecule has 1 aromatic carbocycles. The Hall–Kier alpha value is -1.64. The van der Waals surface area contributed by atoms with Crippen molar-refractivity contribution in [2.45, 2.75) is 38.0 Å². The van der Waals surface area contributed by atoms with Crippen molar-refractivity contribution in [1.82, 2.24) is 5.43 Å². The monoisotopic (exact) mass is 282 g/mol. The Morgan fingerprint density at radius 1 is 1.14 bits per heavy atom. The quantitative estimate of drug-likeness (QED) is 0.668. The highest BCUT2D eigenvalue weighted by molar-refractivity contribution is 5.83. The Morgan fingerprint density at radius 3 is 2.71 bits per heavy atom. The van der Waals surface area contributed by atoms with E-state index in [0.29, 0.717) is 11.8 Å². The first kappa shape index (κ1) is 13.1. The maximum absolute atomic E-state index is 12.1. The molecule has 2 bridgehead atoms. The average Bonchev–Trinajstić information content (AvgIpc) is 3.06. The Bertz CT molecular complexity index is 554. The van der Waals surface area contributed by atoms with Crippen molar-refractivity contribution in [2.24, 2.45) is 28.8 Å². The van der Waals surface area contributed by atoms with Gasteiger partial charge in [0.25, 0.3) is 0 Å². The number of fused-ring (bicyclic) bond motifs is 2. The summed E-state index contributed by atoms with van der Waals surface area (Å²) >= 11 is 0. The fourth-order valence-corrected chi connectivity index (χ4v) is 4.31. The van der Waals surface area contributed by atoms with E-state index in [9.17, 15) is 4.79 Å². The van der Waals surface area contributed by atoms with Crippen LogP contribution in [0.4, 0.5) is 0 Å². The first-order valence-electron chi connectivity index (χ1n) is 8.19. The lowest BCUT2D eigenvalue weighted by atomic mass is 9.90. The number of nitrogens with zero attached hydrogens (tertiary/aromatic N) is 1. The van der Waals surface area contributed by atoms with Crippen LogP contribution in [0.15, 0.2) is 35.4 Å². The number of carbonyl (C=O) groups is 1. The molecule has 3 aliphatic rings. The van der Waals surface area contributed by atoms with Crippen LogP contribution >= 0.6 is 0 Å². The van der Waals surface area contributed by atoms with Crippen LogP contribution in [-0.4, -0.2) is 12.1 Å². The van der Waals surface area contributed by atoms with Crippen LogP contribution in [-0.2, 0) is 4.79 Å². The van der Waals surface area contributed by atoms with Crippen molar-refractivity contribution in [3.63, 3.8) is 0 Å². The van der Waals surface area contributed by atoms with Gasteiger partial charge in [0.15, 0.2) is 0 Å². The normalized spacial score (nSPS) is 37.0. The van der Waals surface area contributed by atoms with Crippen LogP contribution in [0.25, 0.3) is 0 Å². The summed E-state index contributed by atoms with van der Waals surface area (Å²) in [5.74, 6) is 2.95. The number of carbonyl (C=O) groups excluding carboxylic acids is 1. The predicted molar refractivity (Wildman–Crippen MR) is 82.9 cm³/mol. The number of amides is 1. The lowest BCUT2D eigenvalue weighted by Crippen LogP contribution is -2.22. The molecular weight excluding hydrogens is 260 g/mol. The maximum atomic E-state index is 12.1. The lowest BCUT2D eigenvalue weighted by molar-refractivity contribution is -0.122. The van der Waals surface area contributed by atoms with Gasteiger partial charge in [0.05, 0.1) is 0 Å². The first-order chi connectivity index (χ1) is 10.3. The van der Waals surface area contributed by atoms with Crippen LogP contribution in [0.1, 0.15) is 43.6 Å². The molecule has 110 valence electrons. The molecule has 0 radical (unpaired) electrons. The molecule has 3 aliphatic carbocycles. The van der Waals surface area contributed by atoms with E-state index in [4.69, 9.17) is 0 Å². The Balaban J connectivity index is 1.28. The van der Waals surface area contributed by atoms with Gasteiger partial charge in [0, 0.05) is 12.1 Å². The van der Waals surface area contributed by atoms with Crippen molar-refractivity contribution in [3.05, 3.63) is 35.9 Å². The smallest absolute Gasteiger partial charge is 0.243 e. The second kappa shape index (κ2) is 5.28. The summed E-state index contributed by atoms with van der Waals surface area (Å²) in [5.41, 5.74) is 4.03. The molecule has 1 aromatic rings. The number of hydrogen-bond acceptors (Lipinski definition) is 2. The van der Waals surface area contributed by atoms with Gasteiger partial charge < -0.3 is 0 Å². The highest BCUT2D eigenvalue weighted by Crippen LogP contribution is 2.48. The van der Waals surface area contributed by atoms with Gasteiger partial charge in [-0.1, -0.05) is 36.8 Å². The van der Waals surface area contributed by atoms with Gasteiger partial charge in [-0.25, -0.2) is 5.43 Å². The fraction of sp³-hybridized carbons (Fsp3) is 0.556. The predicted octanol–water partition coefficient (Wildman–Crippen LogP) is 3.33. The van der Waals surface area contributed by atoms with Crippen LogP contribution in [0, 0.1) is 23.7 Å². The number of rotatable bonds is 4. The summed E-state index contributed by atoms with van der Waals surface area (Å²) < 4.78 is 0. The molecule has 21 heavy (non-hydrogen) atoms. The third-order valence-electron chi connectivity index (χ3n) is 5.59. The van der Waals surface area contributed by atoms with E-state index in [1.807, 2.05) is 24.4 Å². The first-order valence-corrected chi connectivity index (χ1v) is 8.19. The highest BCUT2D eigenvalue weighted by atomic mass is 16.2. The van der Waals surface area contributed by atoms with Crippen LogP contribution in [0.5, 0.6) is 0 Å². The summed E-state index contributed by atoms with van der Waals surface area (Å²) in [6, 6.07) is 10.3. The van der Waals surface area contributed by atoms with Crippen molar-refractivity contribution in [1.29, 1.82) is 0 Å². The molecule has 0 spiro atoms. The molecule has 3 heteroatoms. The van der Waals surface area contributed by atoms with Gasteiger partial charge in [0.1, 0.15) is 0 Å². The van der Waals surface area contributed by atoms with E-state index in [-0.39, 0.29) is 11.8 Å². The largest absolute Gasteiger partial charge is 0.273 e. The Morgan fingerprint density at radius 2 is 2.00 bits per heavy atom. The molecule has 1 N–H and O–H groups in total. The molecule has 5 atom stereocenters. The summed E-state index contributed by atoms with van der Waals surface area (Å²) in [6.07, 6.45) is 8.38. The van der Waals surface area contributed by atoms with Gasteiger partial charge in [-0.15, -0.1) is 0 Å². The van der Waals surface area contributed by atoms with Gasteiger partial charge in [-0.3, -0.25) is 4.79 Å². The lowest BCUT2D eigenvalue weighted by Gasteiger charge is -2.16. The van der Waals surface area contributed by atoms with Gasteiger partial charge in [0.2, 0.25) is 5.91 Å². The van der Waals surface area contributed by atoms with Crippen LogP contribution in [0.3, 0.4) is 0 Å². The molecule has 1 amide bonds. The summed E-state index contributed by atoms with van der Waals surface area (Å²) in [7, 11) is 0. The molecule has 3 saturated carbocycles. The maximum Gasteiger partial charge on any atom is 0.243 e. The zero-order chi connectivity index (χ0) is 14.2. The second-order valence-electron chi connectivity index (χ2n) is 6.95. The van der Waals surface area contributed by atoms with E-state index < -0.39 is 0 Å². The van der Waals surface area contributed by atoms with Crippen molar-refractivity contribution in [2.75, 3.05) is 0 Å². The highest BCUT2D eigenvalue weighted by Gasteiger charge is 2.44. The third-order valence-corrected chi connectivity index (χ3v) is 5.59. The van der Waals surface area contributed by atoms with Gasteiger partial charge in [-0.05, 0) is 54.9 Å². The molecule has 0 aliphatic heterocycles.